The van der Waals surface area contributed by atoms with E-state index >= 15 is 0 Å². The summed E-state index contributed by atoms with van der Waals surface area (Å²) >= 11 is 0. The number of amides is 2. The molecule has 2 aliphatic heterocycles. The minimum absolute atomic E-state index is 0.107. The summed E-state index contributed by atoms with van der Waals surface area (Å²) in [5.41, 5.74) is 2.16. The van der Waals surface area contributed by atoms with Crippen molar-refractivity contribution >= 4 is 35.4 Å². The van der Waals surface area contributed by atoms with Gasteiger partial charge in [0, 0.05) is 11.6 Å². The van der Waals surface area contributed by atoms with Crippen LogP contribution in [0.1, 0.15) is 65.7 Å². The molecule has 0 unspecified atom stereocenters. The van der Waals surface area contributed by atoms with Gasteiger partial charge in [-0.2, -0.15) is 0 Å². The van der Waals surface area contributed by atoms with Gasteiger partial charge < -0.3 is 29.2 Å². The second kappa shape index (κ2) is 9.63. The number of hydrogen-bond acceptors (Lipinski definition) is 6. The number of ether oxygens (including phenoxy) is 1. The van der Waals surface area contributed by atoms with Crippen molar-refractivity contribution in [2.24, 2.45) is 5.92 Å². The maximum atomic E-state index is 13.4. The molecule has 3 heterocycles. The predicted molar refractivity (Wildman–Crippen MR) is 153 cm³/mol. The summed E-state index contributed by atoms with van der Waals surface area (Å²) < 4.78 is 17.2. The number of hydrogen-bond donors (Lipinski definition) is 2. The smallest absolute Gasteiger partial charge is 0.453 e. The largest absolute Gasteiger partial charge is 0.494 e. The molecule has 10 heteroatoms. The van der Waals surface area contributed by atoms with E-state index in [1.807, 2.05) is 11.1 Å². The number of nitrogens with zero attached hydrogens (tertiary/aromatic N) is 2. The van der Waals surface area contributed by atoms with E-state index in [1.54, 1.807) is 6.92 Å². The molecule has 1 saturated carbocycles. The van der Waals surface area contributed by atoms with Gasteiger partial charge in [-0.3, -0.25) is 4.79 Å². The van der Waals surface area contributed by atoms with Gasteiger partial charge in [-0.25, -0.2) is 9.78 Å². The number of alkyl carbamates (subject to hydrolysis) is 1. The van der Waals surface area contributed by atoms with E-state index in [-0.39, 0.29) is 29.2 Å². The van der Waals surface area contributed by atoms with Crippen molar-refractivity contribution in [3.8, 4) is 11.3 Å². The summed E-state index contributed by atoms with van der Waals surface area (Å²) in [6.45, 7) is 9.94. The first kappa shape index (κ1) is 26.8. The summed E-state index contributed by atoms with van der Waals surface area (Å²) in [6.07, 6.45) is 4.24. The molecule has 3 aliphatic rings. The fourth-order valence-electron chi connectivity index (χ4n) is 6.37. The number of imidazole rings is 1. The number of rotatable bonds is 5. The maximum Gasteiger partial charge on any atom is 0.494 e. The highest BCUT2D eigenvalue weighted by Gasteiger charge is 2.52. The van der Waals surface area contributed by atoms with E-state index in [4.69, 9.17) is 14.3 Å². The number of carbonyl (C=O) groups is 2. The highest BCUT2D eigenvalue weighted by atomic mass is 16.7. The SMILES string of the molecule is COC(=O)N[C@@H](C)C(=O)N1[C@@H]2CC[C@@H](C2)[C@H]1c1ncc(-c2ccc3cc(B4OC(C)(C)C(C)(C)O4)ccc3c2)[nH]1. The lowest BCUT2D eigenvalue weighted by molar-refractivity contribution is -0.137. The minimum Gasteiger partial charge on any atom is -0.453 e. The molecule has 1 aromatic heterocycles. The molecule has 3 fully saturated rings. The average Bonchev–Trinajstić information content (AvgIpc) is 3.70. The number of methoxy groups -OCH3 is 1. The molecule has 2 aromatic carbocycles. The van der Waals surface area contributed by atoms with Crippen LogP contribution in [0.2, 0.25) is 0 Å². The van der Waals surface area contributed by atoms with Crippen LogP contribution in [0.3, 0.4) is 0 Å². The minimum atomic E-state index is -0.675. The molecule has 3 aromatic rings. The Hall–Kier alpha value is -3.37. The highest BCUT2D eigenvalue weighted by Crippen LogP contribution is 2.50. The van der Waals surface area contributed by atoms with Crippen LogP contribution < -0.4 is 10.8 Å². The summed E-state index contributed by atoms with van der Waals surface area (Å²) in [6, 6.07) is 12.0. The van der Waals surface area contributed by atoms with Crippen LogP contribution in [-0.4, -0.2) is 64.4 Å². The fourth-order valence-corrected chi connectivity index (χ4v) is 6.37. The van der Waals surface area contributed by atoms with Gasteiger partial charge in [0.2, 0.25) is 5.91 Å². The second-order valence-corrected chi connectivity index (χ2v) is 12.4. The summed E-state index contributed by atoms with van der Waals surface area (Å²) in [7, 11) is 0.894. The zero-order valence-corrected chi connectivity index (χ0v) is 24.0. The third-order valence-corrected chi connectivity index (χ3v) is 9.31. The lowest BCUT2D eigenvalue weighted by atomic mass is 9.78. The van der Waals surface area contributed by atoms with E-state index in [1.165, 1.54) is 7.11 Å². The van der Waals surface area contributed by atoms with E-state index in [0.29, 0.717) is 5.92 Å². The summed E-state index contributed by atoms with van der Waals surface area (Å²) in [5.74, 6) is 1.03. The van der Waals surface area contributed by atoms with Crippen molar-refractivity contribution in [1.29, 1.82) is 0 Å². The van der Waals surface area contributed by atoms with E-state index < -0.39 is 19.3 Å². The number of H-pyrrole nitrogens is 1. The molecule has 0 spiro atoms. The van der Waals surface area contributed by atoms with Crippen LogP contribution in [0.15, 0.2) is 42.6 Å². The van der Waals surface area contributed by atoms with Crippen LogP contribution in [0.25, 0.3) is 22.0 Å². The van der Waals surface area contributed by atoms with Gasteiger partial charge in [0.1, 0.15) is 11.9 Å². The highest BCUT2D eigenvalue weighted by molar-refractivity contribution is 6.62. The topological polar surface area (TPSA) is 106 Å². The Balaban J connectivity index is 1.23. The molecule has 6 rings (SSSR count). The van der Waals surface area contributed by atoms with Crippen LogP contribution >= 0.6 is 0 Å². The Morgan fingerprint density at radius 3 is 2.52 bits per heavy atom. The number of fused-ring (bicyclic) bond motifs is 3. The van der Waals surface area contributed by atoms with Gasteiger partial charge in [-0.05, 0) is 82.1 Å². The van der Waals surface area contributed by atoms with E-state index in [2.05, 4.69) is 79.1 Å². The van der Waals surface area contributed by atoms with Crippen molar-refractivity contribution in [2.75, 3.05) is 7.11 Å². The molecule has 2 amide bonds. The number of aromatic amines is 1. The van der Waals surface area contributed by atoms with Gasteiger partial charge in [0.25, 0.3) is 0 Å². The van der Waals surface area contributed by atoms with Gasteiger partial charge in [0.15, 0.2) is 0 Å². The predicted octanol–water partition coefficient (Wildman–Crippen LogP) is 4.33. The van der Waals surface area contributed by atoms with Crippen molar-refractivity contribution in [1.82, 2.24) is 20.2 Å². The molecule has 9 nitrogen and oxygen atoms in total. The molecular weight excluding hydrogens is 507 g/mol. The molecule has 4 atom stereocenters. The third kappa shape index (κ3) is 4.47. The Bertz CT molecular complexity index is 1450. The summed E-state index contributed by atoms with van der Waals surface area (Å²) in [5, 5.41) is 4.83. The molecule has 1 aliphatic carbocycles. The number of aromatic nitrogens is 2. The maximum absolute atomic E-state index is 13.4. The Kier molecular flexibility index (Phi) is 6.46. The van der Waals surface area contributed by atoms with Crippen LogP contribution in [0.5, 0.6) is 0 Å². The number of nitrogens with one attached hydrogen (secondary N) is 2. The molecule has 2 N–H and O–H groups in total. The molecule has 2 bridgehead atoms. The standard InChI is InChI=1S/C30H37BN4O5/c1-17(33-28(37)38-6)27(36)35-23-12-10-21(15-23)25(35)26-32-16-24(34-26)20-8-7-19-14-22(11-9-18(19)13-20)31-39-29(2,3)30(4,5)40-31/h7-9,11,13-14,16-17,21,23,25H,10,12,15H2,1-6H3,(H,32,34)(H,33,37)/t17-,21-,23+,25-/m0/s1. The number of likely N-dealkylation sites (tertiary alicyclic amines) is 1. The van der Waals surface area contributed by atoms with Crippen molar-refractivity contribution in [3.05, 3.63) is 48.4 Å². The second-order valence-electron chi connectivity index (χ2n) is 12.4. The Morgan fingerprint density at radius 1 is 1.10 bits per heavy atom. The Labute approximate surface area is 235 Å². The summed E-state index contributed by atoms with van der Waals surface area (Å²) in [4.78, 5) is 35.3. The van der Waals surface area contributed by atoms with Crippen LogP contribution in [0.4, 0.5) is 4.79 Å². The molecule has 2 saturated heterocycles. The average molecular weight is 544 g/mol. The number of carbonyl (C=O) groups excluding carboxylic acids is 2. The van der Waals surface area contributed by atoms with Crippen LogP contribution in [0, 0.1) is 5.92 Å². The number of benzene rings is 2. The Morgan fingerprint density at radius 2 is 1.80 bits per heavy atom. The molecular formula is C30H37BN4O5. The lowest BCUT2D eigenvalue weighted by Gasteiger charge is -2.36. The normalized spacial score (nSPS) is 25.4. The van der Waals surface area contributed by atoms with Gasteiger partial charge in [-0.1, -0.05) is 30.3 Å². The first-order valence-corrected chi connectivity index (χ1v) is 14.1. The zero-order valence-electron chi connectivity index (χ0n) is 24.0. The molecule has 210 valence electrons. The van der Waals surface area contributed by atoms with Crippen molar-refractivity contribution in [2.45, 2.75) is 83.2 Å². The monoisotopic (exact) mass is 544 g/mol. The van der Waals surface area contributed by atoms with Crippen LogP contribution in [-0.2, 0) is 18.8 Å². The first-order chi connectivity index (χ1) is 19.0. The fraction of sp³-hybridized carbons (Fsp3) is 0.500. The quantitative estimate of drug-likeness (QED) is 0.464. The van der Waals surface area contributed by atoms with Gasteiger partial charge in [-0.15, -0.1) is 0 Å². The zero-order chi connectivity index (χ0) is 28.4. The molecule has 40 heavy (non-hydrogen) atoms. The van der Waals surface area contributed by atoms with Gasteiger partial charge in [0.05, 0.1) is 36.2 Å². The first-order valence-electron chi connectivity index (χ1n) is 14.1. The third-order valence-electron chi connectivity index (χ3n) is 9.31. The number of piperidine rings is 1. The molecule has 0 radical (unpaired) electrons. The van der Waals surface area contributed by atoms with E-state index in [0.717, 1.165) is 52.6 Å². The van der Waals surface area contributed by atoms with Crippen molar-refractivity contribution < 1.29 is 23.6 Å². The lowest BCUT2D eigenvalue weighted by Crippen LogP contribution is -2.50. The van der Waals surface area contributed by atoms with Gasteiger partial charge >= 0.3 is 13.2 Å². The van der Waals surface area contributed by atoms with E-state index in [9.17, 15) is 9.59 Å². The van der Waals surface area contributed by atoms with Crippen molar-refractivity contribution in [3.63, 3.8) is 0 Å².